The maximum atomic E-state index is 5.38. The number of likely N-dealkylation sites (N-methyl/N-ethyl adjacent to an activating group) is 2. The molecule has 1 N–H and O–H groups in total. The highest BCUT2D eigenvalue weighted by molar-refractivity contribution is 5.43. The predicted molar refractivity (Wildman–Crippen MR) is 83.8 cm³/mol. The van der Waals surface area contributed by atoms with Gasteiger partial charge >= 0.3 is 0 Å². The molecular weight excluding hydrogens is 252 g/mol. The SMILES string of the molecule is CCCCN(C)CC(NC)c1ccc(OC)c(OC)c1. The van der Waals surface area contributed by atoms with E-state index in [4.69, 9.17) is 9.47 Å². The number of nitrogens with zero attached hydrogens (tertiary/aromatic N) is 1. The fraction of sp³-hybridized carbons (Fsp3) is 0.625. The number of ether oxygens (including phenoxy) is 2. The third-order valence-corrected chi connectivity index (χ3v) is 3.55. The van der Waals surface area contributed by atoms with Gasteiger partial charge in [-0.1, -0.05) is 19.4 Å². The van der Waals surface area contributed by atoms with E-state index in [-0.39, 0.29) is 6.04 Å². The molecule has 0 spiro atoms. The first-order valence-corrected chi connectivity index (χ1v) is 7.24. The molecule has 0 fully saturated rings. The van der Waals surface area contributed by atoms with Gasteiger partial charge in [-0.2, -0.15) is 0 Å². The van der Waals surface area contributed by atoms with Crippen molar-refractivity contribution in [3.63, 3.8) is 0 Å². The molecule has 20 heavy (non-hydrogen) atoms. The van der Waals surface area contributed by atoms with Gasteiger partial charge in [0.1, 0.15) is 0 Å². The second kappa shape index (κ2) is 8.82. The van der Waals surface area contributed by atoms with Crippen LogP contribution in [0.4, 0.5) is 0 Å². The molecule has 0 bridgehead atoms. The standard InChI is InChI=1S/C16H28N2O2/c1-6-7-10-18(3)12-14(17-2)13-8-9-15(19-4)16(11-13)20-5/h8-9,11,14,17H,6-7,10,12H2,1-5H3. The first-order chi connectivity index (χ1) is 9.65. The lowest BCUT2D eigenvalue weighted by Crippen LogP contribution is -2.31. The van der Waals surface area contributed by atoms with Gasteiger partial charge in [0.15, 0.2) is 11.5 Å². The molecule has 1 unspecified atom stereocenters. The van der Waals surface area contributed by atoms with Crippen molar-refractivity contribution in [1.82, 2.24) is 10.2 Å². The second-order valence-corrected chi connectivity index (χ2v) is 5.07. The molecule has 0 aromatic heterocycles. The highest BCUT2D eigenvalue weighted by atomic mass is 16.5. The number of hydrogen-bond donors (Lipinski definition) is 1. The number of rotatable bonds is 9. The Morgan fingerprint density at radius 3 is 2.45 bits per heavy atom. The summed E-state index contributed by atoms with van der Waals surface area (Å²) in [5.74, 6) is 1.55. The van der Waals surface area contributed by atoms with E-state index in [1.807, 2.05) is 19.2 Å². The lowest BCUT2D eigenvalue weighted by molar-refractivity contribution is 0.291. The van der Waals surface area contributed by atoms with E-state index in [9.17, 15) is 0 Å². The Morgan fingerprint density at radius 2 is 1.90 bits per heavy atom. The Balaban J connectivity index is 2.78. The van der Waals surface area contributed by atoms with Crippen LogP contribution in [0.5, 0.6) is 11.5 Å². The van der Waals surface area contributed by atoms with Crippen molar-refractivity contribution in [3.05, 3.63) is 23.8 Å². The maximum Gasteiger partial charge on any atom is 0.161 e. The summed E-state index contributed by atoms with van der Waals surface area (Å²) in [6.45, 7) is 4.33. The molecule has 4 heteroatoms. The Morgan fingerprint density at radius 1 is 1.20 bits per heavy atom. The van der Waals surface area contributed by atoms with Gasteiger partial charge in [-0.05, 0) is 44.8 Å². The highest BCUT2D eigenvalue weighted by Crippen LogP contribution is 2.30. The summed E-state index contributed by atoms with van der Waals surface area (Å²) in [6, 6.07) is 6.39. The molecular formula is C16H28N2O2. The number of methoxy groups -OCH3 is 2. The minimum absolute atomic E-state index is 0.289. The van der Waals surface area contributed by atoms with Crippen LogP contribution in [0.3, 0.4) is 0 Å². The zero-order valence-corrected chi connectivity index (χ0v) is 13.4. The van der Waals surface area contributed by atoms with Gasteiger partial charge in [0.25, 0.3) is 0 Å². The van der Waals surface area contributed by atoms with Gasteiger partial charge in [0.2, 0.25) is 0 Å². The van der Waals surface area contributed by atoms with Gasteiger partial charge in [-0.15, -0.1) is 0 Å². The van der Waals surface area contributed by atoms with Crippen molar-refractivity contribution in [1.29, 1.82) is 0 Å². The monoisotopic (exact) mass is 280 g/mol. The van der Waals surface area contributed by atoms with Crippen LogP contribution in [0.25, 0.3) is 0 Å². The van der Waals surface area contributed by atoms with Crippen LogP contribution in [0, 0.1) is 0 Å². The van der Waals surface area contributed by atoms with Gasteiger partial charge < -0.3 is 19.7 Å². The topological polar surface area (TPSA) is 33.7 Å². The molecule has 114 valence electrons. The number of benzene rings is 1. The van der Waals surface area contributed by atoms with Crippen molar-refractivity contribution in [2.24, 2.45) is 0 Å². The number of unbranched alkanes of at least 4 members (excludes halogenated alkanes) is 1. The first-order valence-electron chi connectivity index (χ1n) is 7.24. The van der Waals surface area contributed by atoms with E-state index in [1.54, 1.807) is 14.2 Å². The lowest BCUT2D eigenvalue weighted by atomic mass is 10.1. The Bertz CT molecular complexity index is 396. The van der Waals surface area contributed by atoms with Gasteiger partial charge in [-0.3, -0.25) is 0 Å². The normalized spacial score (nSPS) is 12.5. The number of hydrogen-bond acceptors (Lipinski definition) is 4. The zero-order chi connectivity index (χ0) is 15.0. The fourth-order valence-corrected chi connectivity index (χ4v) is 2.26. The molecule has 0 aliphatic rings. The quantitative estimate of drug-likeness (QED) is 0.754. The molecule has 1 aromatic carbocycles. The van der Waals surface area contributed by atoms with Crippen molar-refractivity contribution in [3.8, 4) is 11.5 Å². The molecule has 0 heterocycles. The van der Waals surface area contributed by atoms with E-state index in [1.165, 1.54) is 18.4 Å². The molecule has 0 aliphatic heterocycles. The Labute approximate surface area is 123 Å². The Hall–Kier alpha value is -1.26. The molecule has 0 amide bonds. The number of nitrogens with one attached hydrogen (secondary N) is 1. The molecule has 1 atom stereocenters. The van der Waals surface area contributed by atoms with Crippen LogP contribution in [0.1, 0.15) is 31.4 Å². The van der Waals surface area contributed by atoms with Crippen molar-refractivity contribution >= 4 is 0 Å². The van der Waals surface area contributed by atoms with Crippen LogP contribution >= 0.6 is 0 Å². The van der Waals surface area contributed by atoms with Crippen LogP contribution in [0.15, 0.2) is 18.2 Å². The minimum Gasteiger partial charge on any atom is -0.493 e. The van der Waals surface area contributed by atoms with Crippen molar-refractivity contribution in [2.75, 3.05) is 41.4 Å². The summed E-state index contributed by atoms with van der Waals surface area (Å²) in [5.41, 5.74) is 1.22. The van der Waals surface area contributed by atoms with Gasteiger partial charge in [0, 0.05) is 12.6 Å². The summed E-state index contributed by atoms with van der Waals surface area (Å²) in [5, 5.41) is 3.38. The van der Waals surface area contributed by atoms with E-state index >= 15 is 0 Å². The Kier molecular flexibility index (Phi) is 7.41. The molecule has 1 aromatic rings. The molecule has 0 aliphatic carbocycles. The third kappa shape index (κ3) is 4.69. The molecule has 0 radical (unpaired) electrons. The van der Waals surface area contributed by atoms with Crippen molar-refractivity contribution in [2.45, 2.75) is 25.8 Å². The third-order valence-electron chi connectivity index (χ3n) is 3.55. The predicted octanol–water partition coefficient (Wildman–Crippen LogP) is 2.70. The summed E-state index contributed by atoms with van der Waals surface area (Å²) in [7, 11) is 7.49. The maximum absolute atomic E-state index is 5.38. The summed E-state index contributed by atoms with van der Waals surface area (Å²) in [6.07, 6.45) is 2.46. The molecule has 4 nitrogen and oxygen atoms in total. The van der Waals surface area contributed by atoms with Crippen LogP contribution in [-0.4, -0.2) is 46.3 Å². The van der Waals surface area contributed by atoms with Gasteiger partial charge in [0.05, 0.1) is 14.2 Å². The summed E-state index contributed by atoms with van der Waals surface area (Å²) in [4.78, 5) is 2.36. The van der Waals surface area contributed by atoms with Gasteiger partial charge in [-0.25, -0.2) is 0 Å². The average Bonchev–Trinajstić information content (AvgIpc) is 2.49. The van der Waals surface area contributed by atoms with Crippen molar-refractivity contribution < 1.29 is 9.47 Å². The lowest BCUT2D eigenvalue weighted by Gasteiger charge is -2.24. The smallest absolute Gasteiger partial charge is 0.161 e. The molecule has 0 saturated carbocycles. The van der Waals surface area contributed by atoms with Crippen LogP contribution < -0.4 is 14.8 Å². The largest absolute Gasteiger partial charge is 0.493 e. The highest BCUT2D eigenvalue weighted by Gasteiger charge is 2.14. The van der Waals surface area contributed by atoms with Crippen LogP contribution in [0.2, 0.25) is 0 Å². The molecule has 1 rings (SSSR count). The summed E-state index contributed by atoms with van der Waals surface area (Å²) >= 11 is 0. The van der Waals surface area contributed by atoms with E-state index in [0.29, 0.717) is 0 Å². The van der Waals surface area contributed by atoms with Crippen LogP contribution in [-0.2, 0) is 0 Å². The minimum atomic E-state index is 0.289. The average molecular weight is 280 g/mol. The summed E-state index contributed by atoms with van der Waals surface area (Å²) < 4.78 is 10.7. The fourth-order valence-electron chi connectivity index (χ4n) is 2.26. The van der Waals surface area contributed by atoms with E-state index < -0.39 is 0 Å². The van der Waals surface area contributed by atoms with E-state index in [2.05, 4.69) is 30.3 Å². The molecule has 0 saturated heterocycles. The zero-order valence-electron chi connectivity index (χ0n) is 13.4. The second-order valence-electron chi connectivity index (χ2n) is 5.07. The van der Waals surface area contributed by atoms with E-state index in [0.717, 1.165) is 24.6 Å². The first kappa shape index (κ1) is 16.8.